The number of halogens is 1. The zero-order chi connectivity index (χ0) is 10.6. The van der Waals surface area contributed by atoms with Crippen molar-refractivity contribution in [2.45, 2.75) is 11.8 Å². The van der Waals surface area contributed by atoms with E-state index in [0.717, 1.165) is 9.37 Å². The van der Waals surface area contributed by atoms with Gasteiger partial charge in [0.25, 0.3) is 0 Å². The Morgan fingerprint density at radius 1 is 1.64 bits per heavy atom. The van der Waals surface area contributed by atoms with E-state index in [1.807, 2.05) is 24.3 Å². The fraction of sp³-hybridized carbons (Fsp3) is 0.300. The van der Waals surface area contributed by atoms with Crippen LogP contribution < -0.4 is 0 Å². The Labute approximate surface area is 94.5 Å². The van der Waals surface area contributed by atoms with Crippen molar-refractivity contribution in [3.8, 4) is 6.07 Å². The Morgan fingerprint density at radius 2 is 2.36 bits per heavy atom. The first-order chi connectivity index (χ1) is 6.63. The quantitative estimate of drug-likeness (QED) is 0.848. The predicted octanol–water partition coefficient (Wildman–Crippen LogP) is 2.72. The lowest BCUT2D eigenvalue weighted by Gasteiger charge is -2.03. The van der Waals surface area contributed by atoms with E-state index in [2.05, 4.69) is 22.0 Å². The summed E-state index contributed by atoms with van der Waals surface area (Å²) in [6.45, 7) is 1.77. The van der Waals surface area contributed by atoms with Gasteiger partial charge in [0, 0.05) is 15.1 Å². The number of hydrogen-bond acceptors (Lipinski definition) is 2. The minimum atomic E-state index is -1.08. The van der Waals surface area contributed by atoms with Gasteiger partial charge in [-0.25, -0.2) is 0 Å². The SMILES string of the molecule is CC(C#N)CS(=O)c1cccc(Br)c1. The lowest BCUT2D eigenvalue weighted by Crippen LogP contribution is -2.05. The standard InChI is InChI=1S/C10H10BrNOS/c1-8(6-12)7-14(13)10-4-2-3-9(11)5-10/h2-5,8H,7H2,1H3. The molecule has 0 aliphatic rings. The maximum atomic E-state index is 11.7. The molecule has 0 saturated heterocycles. The first-order valence-corrected chi connectivity index (χ1v) is 6.28. The number of rotatable bonds is 3. The molecule has 0 heterocycles. The topological polar surface area (TPSA) is 40.9 Å². The van der Waals surface area contributed by atoms with Crippen molar-refractivity contribution in [1.82, 2.24) is 0 Å². The summed E-state index contributed by atoms with van der Waals surface area (Å²) in [5.74, 6) is 0.224. The van der Waals surface area contributed by atoms with Crippen LogP contribution in [0.2, 0.25) is 0 Å². The van der Waals surface area contributed by atoms with Crippen molar-refractivity contribution in [3.63, 3.8) is 0 Å². The first kappa shape index (κ1) is 11.4. The summed E-state index contributed by atoms with van der Waals surface area (Å²) in [5.41, 5.74) is 0. The Kier molecular flexibility index (Phi) is 4.30. The van der Waals surface area contributed by atoms with Crippen LogP contribution in [0.15, 0.2) is 33.6 Å². The van der Waals surface area contributed by atoms with Gasteiger partial charge < -0.3 is 0 Å². The summed E-state index contributed by atoms with van der Waals surface area (Å²) in [6, 6.07) is 9.43. The Morgan fingerprint density at radius 3 is 2.93 bits per heavy atom. The highest BCUT2D eigenvalue weighted by atomic mass is 79.9. The van der Waals surface area contributed by atoms with Crippen LogP contribution in [0.4, 0.5) is 0 Å². The molecule has 2 nitrogen and oxygen atoms in total. The van der Waals surface area contributed by atoms with E-state index in [1.54, 1.807) is 6.92 Å². The van der Waals surface area contributed by atoms with Gasteiger partial charge in [0.15, 0.2) is 0 Å². The molecule has 0 N–H and O–H groups in total. The largest absolute Gasteiger partial charge is 0.254 e. The number of nitrogens with zero attached hydrogens (tertiary/aromatic N) is 1. The van der Waals surface area contributed by atoms with Crippen LogP contribution >= 0.6 is 15.9 Å². The molecule has 0 amide bonds. The molecule has 0 aliphatic heterocycles. The predicted molar refractivity (Wildman–Crippen MR) is 60.2 cm³/mol. The molecule has 0 fully saturated rings. The fourth-order valence-corrected chi connectivity index (χ4v) is 2.73. The van der Waals surface area contributed by atoms with E-state index in [1.165, 1.54) is 0 Å². The molecule has 74 valence electrons. The summed E-state index contributed by atoms with van der Waals surface area (Å²) < 4.78 is 12.6. The van der Waals surface area contributed by atoms with Crippen molar-refractivity contribution in [2.75, 3.05) is 5.75 Å². The van der Waals surface area contributed by atoms with Gasteiger partial charge in [0.1, 0.15) is 0 Å². The van der Waals surface area contributed by atoms with Crippen molar-refractivity contribution >= 4 is 26.7 Å². The zero-order valence-corrected chi connectivity index (χ0v) is 10.1. The lowest BCUT2D eigenvalue weighted by molar-refractivity contribution is 0.676. The van der Waals surface area contributed by atoms with Gasteiger partial charge in [-0.2, -0.15) is 5.26 Å². The molecule has 1 rings (SSSR count). The molecule has 2 unspecified atom stereocenters. The monoisotopic (exact) mass is 271 g/mol. The van der Waals surface area contributed by atoms with Gasteiger partial charge in [0.2, 0.25) is 0 Å². The second kappa shape index (κ2) is 5.28. The van der Waals surface area contributed by atoms with E-state index in [-0.39, 0.29) is 5.92 Å². The highest BCUT2D eigenvalue weighted by molar-refractivity contribution is 9.10. The molecule has 0 aromatic heterocycles. The number of nitriles is 1. The fourth-order valence-electron chi connectivity index (χ4n) is 0.969. The highest BCUT2D eigenvalue weighted by Crippen LogP contribution is 2.16. The van der Waals surface area contributed by atoms with Crippen molar-refractivity contribution in [3.05, 3.63) is 28.7 Å². The molecular weight excluding hydrogens is 262 g/mol. The second-order valence-electron chi connectivity index (χ2n) is 3.00. The summed E-state index contributed by atoms with van der Waals surface area (Å²) >= 11 is 3.31. The highest BCUT2D eigenvalue weighted by Gasteiger charge is 2.08. The molecule has 0 aliphatic carbocycles. The van der Waals surface area contributed by atoms with Crippen LogP contribution in [-0.2, 0) is 10.8 Å². The summed E-state index contributed by atoms with van der Waals surface area (Å²) in [7, 11) is -1.08. The maximum absolute atomic E-state index is 11.7. The van der Waals surface area contributed by atoms with Crippen molar-refractivity contribution in [2.24, 2.45) is 5.92 Å². The molecule has 14 heavy (non-hydrogen) atoms. The maximum Gasteiger partial charge on any atom is 0.0662 e. The molecule has 1 aromatic rings. The minimum Gasteiger partial charge on any atom is -0.254 e. The molecule has 1 aromatic carbocycles. The average Bonchev–Trinajstić information content (AvgIpc) is 2.17. The number of benzene rings is 1. The Hall–Kier alpha value is -0.660. The van der Waals surface area contributed by atoms with Crippen LogP contribution in [0, 0.1) is 17.2 Å². The first-order valence-electron chi connectivity index (χ1n) is 4.17. The van der Waals surface area contributed by atoms with Crippen LogP contribution in [0.1, 0.15) is 6.92 Å². The summed E-state index contributed by atoms with van der Waals surface area (Å²) in [5, 5.41) is 8.59. The minimum absolute atomic E-state index is 0.171. The smallest absolute Gasteiger partial charge is 0.0662 e. The van der Waals surface area contributed by atoms with Gasteiger partial charge in [-0.1, -0.05) is 22.0 Å². The second-order valence-corrected chi connectivity index (χ2v) is 5.41. The van der Waals surface area contributed by atoms with Crippen LogP contribution in [0.25, 0.3) is 0 Å². The third-order valence-corrected chi connectivity index (χ3v) is 3.76. The molecule has 0 radical (unpaired) electrons. The Bertz CT molecular complexity index is 386. The average molecular weight is 272 g/mol. The number of hydrogen-bond donors (Lipinski definition) is 0. The van der Waals surface area contributed by atoms with Crippen LogP contribution in [0.3, 0.4) is 0 Å². The third kappa shape index (κ3) is 3.24. The molecule has 4 heteroatoms. The van der Waals surface area contributed by atoms with Gasteiger partial charge in [0.05, 0.1) is 22.8 Å². The van der Waals surface area contributed by atoms with E-state index in [0.29, 0.717) is 5.75 Å². The molecule has 0 saturated carbocycles. The van der Waals surface area contributed by atoms with Gasteiger partial charge in [-0.3, -0.25) is 4.21 Å². The molecule has 0 bridgehead atoms. The third-order valence-electron chi connectivity index (χ3n) is 1.68. The van der Waals surface area contributed by atoms with E-state index in [9.17, 15) is 4.21 Å². The van der Waals surface area contributed by atoms with E-state index < -0.39 is 10.8 Å². The van der Waals surface area contributed by atoms with E-state index >= 15 is 0 Å². The van der Waals surface area contributed by atoms with Gasteiger partial charge in [-0.05, 0) is 25.1 Å². The van der Waals surface area contributed by atoms with Crippen LogP contribution in [-0.4, -0.2) is 9.96 Å². The summed E-state index contributed by atoms with van der Waals surface area (Å²) in [4.78, 5) is 0.765. The Balaban J connectivity index is 2.76. The lowest BCUT2D eigenvalue weighted by atomic mass is 10.3. The van der Waals surface area contributed by atoms with Gasteiger partial charge >= 0.3 is 0 Å². The van der Waals surface area contributed by atoms with Crippen molar-refractivity contribution < 1.29 is 4.21 Å². The molecular formula is C10H10BrNOS. The molecule has 0 spiro atoms. The zero-order valence-electron chi connectivity index (χ0n) is 7.74. The van der Waals surface area contributed by atoms with Crippen molar-refractivity contribution in [1.29, 1.82) is 5.26 Å². The summed E-state index contributed by atoms with van der Waals surface area (Å²) in [6.07, 6.45) is 0. The van der Waals surface area contributed by atoms with Gasteiger partial charge in [-0.15, -0.1) is 0 Å². The van der Waals surface area contributed by atoms with E-state index in [4.69, 9.17) is 5.26 Å². The molecule has 2 atom stereocenters. The van der Waals surface area contributed by atoms with Crippen LogP contribution in [0.5, 0.6) is 0 Å². The normalized spacial score (nSPS) is 14.4.